The zero-order valence-electron chi connectivity index (χ0n) is 12.6. The molecular weight excluding hydrogens is 236 g/mol. The quantitative estimate of drug-likeness (QED) is 0.825. The summed E-state index contributed by atoms with van der Waals surface area (Å²) < 4.78 is 0. The molecule has 1 fully saturated rings. The minimum Gasteiger partial charge on any atom is -0.370 e. The summed E-state index contributed by atoms with van der Waals surface area (Å²) in [5.41, 5.74) is -0.0294. The highest BCUT2D eigenvalue weighted by atomic mass is 15.1. The fraction of sp³-hybridized carbons (Fsp3) is 0.733. The molecule has 0 amide bonds. The average molecular weight is 262 g/mol. The Morgan fingerprint density at radius 2 is 1.79 bits per heavy atom. The van der Waals surface area contributed by atoms with Crippen molar-refractivity contribution in [3.05, 3.63) is 11.9 Å². The number of hydrogen-bond donors (Lipinski definition) is 2. The molecule has 0 aromatic carbocycles. The summed E-state index contributed by atoms with van der Waals surface area (Å²) in [6.45, 7) is 10.4. The van der Waals surface area contributed by atoms with Crippen molar-refractivity contribution in [2.45, 2.75) is 52.4 Å². The summed E-state index contributed by atoms with van der Waals surface area (Å²) in [6, 6.07) is 2.01. The molecule has 1 aliphatic carbocycles. The van der Waals surface area contributed by atoms with Gasteiger partial charge >= 0.3 is 0 Å². The summed E-state index contributed by atoms with van der Waals surface area (Å²) in [5, 5.41) is 6.72. The molecule has 1 saturated carbocycles. The number of aromatic nitrogens is 2. The maximum Gasteiger partial charge on any atom is 0.138 e. The summed E-state index contributed by atoms with van der Waals surface area (Å²) in [6.07, 6.45) is 4.06. The lowest BCUT2D eigenvalue weighted by molar-refractivity contribution is 0.546. The first-order valence-corrected chi connectivity index (χ1v) is 7.36. The van der Waals surface area contributed by atoms with Crippen LogP contribution in [0.3, 0.4) is 0 Å². The standard InChI is InChI=1S/C15H26N4/c1-5-16-12-10-13(17-9-8-11-6-7-11)19-14(18-12)15(2,3)4/h10-11H,5-9H2,1-4H3,(H2,16,17,18,19). The Hall–Kier alpha value is -1.32. The average Bonchev–Trinajstić information content (AvgIpc) is 3.12. The molecule has 0 atom stereocenters. The zero-order chi connectivity index (χ0) is 13.9. The smallest absolute Gasteiger partial charge is 0.138 e. The van der Waals surface area contributed by atoms with Crippen molar-refractivity contribution in [1.82, 2.24) is 9.97 Å². The van der Waals surface area contributed by atoms with Gasteiger partial charge in [0.25, 0.3) is 0 Å². The van der Waals surface area contributed by atoms with Crippen LogP contribution in [0.15, 0.2) is 6.07 Å². The maximum absolute atomic E-state index is 4.64. The highest BCUT2D eigenvalue weighted by Crippen LogP contribution is 2.32. The number of anilines is 2. The van der Waals surface area contributed by atoms with Crippen molar-refractivity contribution in [2.75, 3.05) is 23.7 Å². The third-order valence-electron chi connectivity index (χ3n) is 3.31. The number of rotatable bonds is 6. The first-order valence-electron chi connectivity index (χ1n) is 7.36. The van der Waals surface area contributed by atoms with E-state index in [0.717, 1.165) is 36.5 Å². The Morgan fingerprint density at radius 3 is 2.32 bits per heavy atom. The van der Waals surface area contributed by atoms with Crippen LogP contribution < -0.4 is 10.6 Å². The fourth-order valence-electron chi connectivity index (χ4n) is 1.96. The Balaban J connectivity index is 2.08. The predicted molar refractivity (Wildman–Crippen MR) is 80.7 cm³/mol. The van der Waals surface area contributed by atoms with Gasteiger partial charge in [-0.3, -0.25) is 0 Å². The number of hydrogen-bond acceptors (Lipinski definition) is 4. The van der Waals surface area contributed by atoms with Crippen LogP contribution in [0.25, 0.3) is 0 Å². The first kappa shape index (κ1) is 14.1. The van der Waals surface area contributed by atoms with Crippen LogP contribution in [0.1, 0.15) is 52.8 Å². The van der Waals surface area contributed by atoms with Gasteiger partial charge in [0.05, 0.1) is 0 Å². The second-order valence-corrected chi connectivity index (χ2v) is 6.40. The number of nitrogens with one attached hydrogen (secondary N) is 2. The molecule has 2 N–H and O–H groups in total. The van der Waals surface area contributed by atoms with Crippen LogP contribution in [-0.4, -0.2) is 23.1 Å². The normalized spacial score (nSPS) is 15.4. The second kappa shape index (κ2) is 5.76. The van der Waals surface area contributed by atoms with Crippen LogP contribution >= 0.6 is 0 Å². The van der Waals surface area contributed by atoms with Gasteiger partial charge in [0.1, 0.15) is 17.5 Å². The molecule has 2 rings (SSSR count). The zero-order valence-corrected chi connectivity index (χ0v) is 12.6. The van der Waals surface area contributed by atoms with E-state index < -0.39 is 0 Å². The molecule has 1 heterocycles. The van der Waals surface area contributed by atoms with E-state index in [4.69, 9.17) is 0 Å². The van der Waals surface area contributed by atoms with Gasteiger partial charge in [-0.15, -0.1) is 0 Å². The number of nitrogens with zero attached hydrogens (tertiary/aromatic N) is 2. The van der Waals surface area contributed by atoms with Gasteiger partial charge in [-0.2, -0.15) is 0 Å². The van der Waals surface area contributed by atoms with Crippen LogP contribution in [0, 0.1) is 5.92 Å². The monoisotopic (exact) mass is 262 g/mol. The first-order chi connectivity index (χ1) is 8.99. The third-order valence-corrected chi connectivity index (χ3v) is 3.31. The highest BCUT2D eigenvalue weighted by molar-refractivity contribution is 5.48. The molecule has 0 bridgehead atoms. The van der Waals surface area contributed by atoms with E-state index >= 15 is 0 Å². The third kappa shape index (κ3) is 4.37. The van der Waals surface area contributed by atoms with Gasteiger partial charge in [-0.05, 0) is 19.3 Å². The van der Waals surface area contributed by atoms with Crippen molar-refractivity contribution in [2.24, 2.45) is 5.92 Å². The van der Waals surface area contributed by atoms with E-state index in [-0.39, 0.29) is 5.41 Å². The van der Waals surface area contributed by atoms with Crippen molar-refractivity contribution >= 4 is 11.6 Å². The van der Waals surface area contributed by atoms with Crippen molar-refractivity contribution < 1.29 is 0 Å². The summed E-state index contributed by atoms with van der Waals surface area (Å²) >= 11 is 0. The Morgan fingerprint density at radius 1 is 1.16 bits per heavy atom. The van der Waals surface area contributed by atoms with Crippen molar-refractivity contribution in [3.8, 4) is 0 Å². The minimum atomic E-state index is -0.0294. The summed E-state index contributed by atoms with van der Waals surface area (Å²) in [7, 11) is 0. The molecular formula is C15H26N4. The molecule has 106 valence electrons. The van der Waals surface area contributed by atoms with Gasteiger partial charge < -0.3 is 10.6 Å². The van der Waals surface area contributed by atoms with E-state index in [1.54, 1.807) is 0 Å². The Labute approximate surface area is 116 Å². The van der Waals surface area contributed by atoms with Crippen molar-refractivity contribution in [1.29, 1.82) is 0 Å². The molecule has 0 spiro atoms. The topological polar surface area (TPSA) is 49.8 Å². The lowest BCUT2D eigenvalue weighted by Gasteiger charge is -2.19. The molecule has 4 nitrogen and oxygen atoms in total. The SMILES string of the molecule is CCNc1cc(NCCC2CC2)nc(C(C)(C)C)n1. The van der Waals surface area contributed by atoms with Crippen molar-refractivity contribution in [3.63, 3.8) is 0 Å². The maximum atomic E-state index is 4.64. The summed E-state index contributed by atoms with van der Waals surface area (Å²) in [4.78, 5) is 9.23. The van der Waals surface area contributed by atoms with Crippen LogP contribution in [-0.2, 0) is 5.41 Å². The largest absolute Gasteiger partial charge is 0.370 e. The second-order valence-electron chi connectivity index (χ2n) is 6.40. The highest BCUT2D eigenvalue weighted by Gasteiger charge is 2.21. The van der Waals surface area contributed by atoms with Crippen LogP contribution in [0.5, 0.6) is 0 Å². The van der Waals surface area contributed by atoms with E-state index in [9.17, 15) is 0 Å². The van der Waals surface area contributed by atoms with E-state index in [0.29, 0.717) is 0 Å². The van der Waals surface area contributed by atoms with Gasteiger partial charge in [0.15, 0.2) is 0 Å². The van der Waals surface area contributed by atoms with E-state index in [1.165, 1.54) is 19.3 Å². The molecule has 4 heteroatoms. The van der Waals surface area contributed by atoms with Gasteiger partial charge in [0, 0.05) is 24.6 Å². The molecule has 1 aromatic rings. The van der Waals surface area contributed by atoms with Gasteiger partial charge in [-0.25, -0.2) is 9.97 Å². The molecule has 0 aliphatic heterocycles. The Bertz CT molecular complexity index is 419. The van der Waals surface area contributed by atoms with Crippen LogP contribution in [0.2, 0.25) is 0 Å². The van der Waals surface area contributed by atoms with Crippen LogP contribution in [0.4, 0.5) is 11.6 Å². The minimum absolute atomic E-state index is 0.0294. The summed E-state index contributed by atoms with van der Waals surface area (Å²) in [5.74, 6) is 3.69. The van der Waals surface area contributed by atoms with E-state index in [1.807, 2.05) is 6.07 Å². The van der Waals surface area contributed by atoms with Gasteiger partial charge in [-0.1, -0.05) is 33.6 Å². The molecule has 0 unspecified atom stereocenters. The lowest BCUT2D eigenvalue weighted by atomic mass is 9.96. The predicted octanol–water partition coefficient (Wildman–Crippen LogP) is 3.42. The lowest BCUT2D eigenvalue weighted by Crippen LogP contribution is -2.19. The fourth-order valence-corrected chi connectivity index (χ4v) is 1.96. The molecule has 19 heavy (non-hydrogen) atoms. The molecule has 0 saturated heterocycles. The Kier molecular flexibility index (Phi) is 4.27. The molecule has 1 aromatic heterocycles. The molecule has 1 aliphatic rings. The van der Waals surface area contributed by atoms with E-state index in [2.05, 4.69) is 48.3 Å². The molecule has 0 radical (unpaired) electrons. The van der Waals surface area contributed by atoms with Gasteiger partial charge in [0.2, 0.25) is 0 Å².